The predicted molar refractivity (Wildman–Crippen MR) is 94.4 cm³/mol. The molecular weight excluding hydrogens is 302 g/mol. The average Bonchev–Trinajstić information content (AvgIpc) is 2.55. The van der Waals surface area contributed by atoms with Gasteiger partial charge in [-0.05, 0) is 38.2 Å². The first-order chi connectivity index (χ1) is 11.5. The van der Waals surface area contributed by atoms with Gasteiger partial charge in [0.2, 0.25) is 5.91 Å². The normalized spacial score (nSPS) is 16.6. The van der Waals surface area contributed by atoms with Crippen LogP contribution in [0.15, 0.2) is 30.3 Å². The van der Waals surface area contributed by atoms with Crippen LogP contribution in [0.1, 0.15) is 70.4 Å². The lowest BCUT2D eigenvalue weighted by atomic mass is 9.86. The zero-order valence-electron chi connectivity index (χ0n) is 14.8. The SMILES string of the molecule is CC(C)OC(=O)CC(NC(=O)CC1CCCCC1)c1ccccc1. The molecule has 0 radical (unpaired) electrons. The van der Waals surface area contributed by atoms with Crippen LogP contribution in [-0.4, -0.2) is 18.0 Å². The standard InChI is InChI=1S/C20H29NO3/c1-15(2)24-20(23)14-18(17-11-7-4-8-12-17)21-19(22)13-16-9-5-3-6-10-16/h4,7-8,11-12,15-16,18H,3,5-6,9-10,13-14H2,1-2H3,(H,21,22). The van der Waals surface area contributed by atoms with Gasteiger partial charge in [0.1, 0.15) is 0 Å². The van der Waals surface area contributed by atoms with E-state index in [0.29, 0.717) is 12.3 Å². The lowest BCUT2D eigenvalue weighted by Gasteiger charge is -2.23. The van der Waals surface area contributed by atoms with E-state index < -0.39 is 0 Å². The summed E-state index contributed by atoms with van der Waals surface area (Å²) in [4.78, 5) is 24.5. The molecule has 1 atom stereocenters. The molecular formula is C20H29NO3. The molecule has 1 N–H and O–H groups in total. The molecule has 1 aliphatic carbocycles. The molecule has 1 amide bonds. The van der Waals surface area contributed by atoms with Crippen molar-refractivity contribution in [2.45, 2.75) is 70.9 Å². The minimum absolute atomic E-state index is 0.0353. The Balaban J connectivity index is 1.96. The molecule has 0 aromatic heterocycles. The Morgan fingerprint density at radius 3 is 2.42 bits per heavy atom. The fraction of sp³-hybridized carbons (Fsp3) is 0.600. The van der Waals surface area contributed by atoms with E-state index >= 15 is 0 Å². The highest BCUT2D eigenvalue weighted by molar-refractivity contribution is 5.78. The second-order valence-corrected chi connectivity index (χ2v) is 6.98. The molecule has 0 spiro atoms. The van der Waals surface area contributed by atoms with Crippen molar-refractivity contribution in [2.24, 2.45) is 5.92 Å². The fourth-order valence-electron chi connectivity index (χ4n) is 3.32. The summed E-state index contributed by atoms with van der Waals surface area (Å²) in [6, 6.07) is 9.32. The van der Waals surface area contributed by atoms with E-state index in [9.17, 15) is 9.59 Å². The van der Waals surface area contributed by atoms with Crippen LogP contribution < -0.4 is 5.32 Å². The number of esters is 1. The van der Waals surface area contributed by atoms with Crippen LogP contribution in [0.5, 0.6) is 0 Å². The third-order valence-electron chi connectivity index (χ3n) is 4.47. The summed E-state index contributed by atoms with van der Waals surface area (Å²) in [6.07, 6.45) is 6.58. The molecule has 4 nitrogen and oxygen atoms in total. The minimum atomic E-state index is -0.325. The number of ether oxygens (including phenoxy) is 1. The number of rotatable bonds is 7. The van der Waals surface area contributed by atoms with E-state index in [2.05, 4.69) is 5.32 Å². The van der Waals surface area contributed by atoms with Crippen LogP contribution >= 0.6 is 0 Å². The number of carbonyl (C=O) groups is 2. The van der Waals surface area contributed by atoms with Gasteiger partial charge in [0.15, 0.2) is 0 Å². The molecule has 2 rings (SSSR count). The van der Waals surface area contributed by atoms with E-state index in [1.165, 1.54) is 19.3 Å². The van der Waals surface area contributed by atoms with Crippen LogP contribution in [0.25, 0.3) is 0 Å². The van der Waals surface area contributed by atoms with E-state index in [0.717, 1.165) is 18.4 Å². The summed E-state index contributed by atoms with van der Waals surface area (Å²) in [5, 5.41) is 3.04. The molecule has 1 aromatic carbocycles. The molecule has 1 saturated carbocycles. The Morgan fingerprint density at radius 1 is 1.12 bits per heavy atom. The number of carbonyl (C=O) groups excluding carboxylic acids is 2. The van der Waals surface area contributed by atoms with E-state index in [1.807, 2.05) is 44.2 Å². The van der Waals surface area contributed by atoms with E-state index in [1.54, 1.807) is 0 Å². The fourth-order valence-corrected chi connectivity index (χ4v) is 3.32. The maximum atomic E-state index is 12.4. The minimum Gasteiger partial charge on any atom is -0.463 e. The van der Waals surface area contributed by atoms with Gasteiger partial charge in [-0.2, -0.15) is 0 Å². The quantitative estimate of drug-likeness (QED) is 0.763. The maximum Gasteiger partial charge on any atom is 0.308 e. The van der Waals surface area contributed by atoms with Gasteiger partial charge in [-0.1, -0.05) is 49.6 Å². The zero-order chi connectivity index (χ0) is 17.4. The lowest BCUT2D eigenvalue weighted by Crippen LogP contribution is -2.32. The van der Waals surface area contributed by atoms with Crippen molar-refractivity contribution in [1.82, 2.24) is 5.32 Å². The predicted octanol–water partition coefficient (Wildman–Crippen LogP) is 4.16. The highest BCUT2D eigenvalue weighted by atomic mass is 16.5. The Morgan fingerprint density at radius 2 is 1.79 bits per heavy atom. The third kappa shape index (κ3) is 6.34. The number of nitrogens with one attached hydrogen (secondary N) is 1. The van der Waals surface area contributed by atoms with Gasteiger partial charge in [0.25, 0.3) is 0 Å². The van der Waals surface area contributed by atoms with Crippen LogP contribution in [0, 0.1) is 5.92 Å². The molecule has 1 unspecified atom stereocenters. The number of benzene rings is 1. The summed E-state index contributed by atoms with van der Waals surface area (Å²) in [6.45, 7) is 3.66. The lowest BCUT2D eigenvalue weighted by molar-refractivity contribution is -0.148. The van der Waals surface area contributed by atoms with E-state index in [-0.39, 0.29) is 30.4 Å². The van der Waals surface area contributed by atoms with Crippen LogP contribution in [-0.2, 0) is 14.3 Å². The van der Waals surface area contributed by atoms with Gasteiger partial charge < -0.3 is 10.1 Å². The second kappa shape index (κ2) is 9.45. The summed E-state index contributed by atoms with van der Waals surface area (Å²) < 4.78 is 5.24. The van der Waals surface area contributed by atoms with Gasteiger partial charge in [-0.25, -0.2) is 0 Å². The van der Waals surface area contributed by atoms with Gasteiger partial charge in [-0.15, -0.1) is 0 Å². The highest BCUT2D eigenvalue weighted by Gasteiger charge is 2.22. The molecule has 0 aliphatic heterocycles. The van der Waals surface area contributed by atoms with Crippen molar-refractivity contribution in [3.05, 3.63) is 35.9 Å². The molecule has 0 saturated heterocycles. The highest BCUT2D eigenvalue weighted by Crippen LogP contribution is 2.27. The first-order valence-electron chi connectivity index (χ1n) is 9.08. The van der Waals surface area contributed by atoms with Gasteiger partial charge in [0.05, 0.1) is 18.6 Å². The van der Waals surface area contributed by atoms with Gasteiger partial charge >= 0.3 is 5.97 Å². The van der Waals surface area contributed by atoms with Crippen molar-refractivity contribution in [1.29, 1.82) is 0 Å². The molecule has 132 valence electrons. The van der Waals surface area contributed by atoms with Crippen molar-refractivity contribution < 1.29 is 14.3 Å². The Kier molecular flexibility index (Phi) is 7.29. The molecule has 4 heteroatoms. The summed E-state index contributed by atoms with van der Waals surface area (Å²) in [5.41, 5.74) is 0.940. The summed E-state index contributed by atoms with van der Waals surface area (Å²) >= 11 is 0. The number of hydrogen-bond acceptors (Lipinski definition) is 3. The number of amides is 1. The zero-order valence-corrected chi connectivity index (χ0v) is 14.8. The topological polar surface area (TPSA) is 55.4 Å². The Bertz CT molecular complexity index is 521. The molecule has 24 heavy (non-hydrogen) atoms. The monoisotopic (exact) mass is 331 g/mol. The first kappa shape index (κ1) is 18.5. The van der Waals surface area contributed by atoms with Crippen LogP contribution in [0.2, 0.25) is 0 Å². The molecule has 1 fully saturated rings. The number of hydrogen-bond donors (Lipinski definition) is 1. The van der Waals surface area contributed by atoms with Crippen molar-refractivity contribution >= 4 is 11.9 Å². The van der Waals surface area contributed by atoms with E-state index in [4.69, 9.17) is 4.74 Å². The van der Waals surface area contributed by atoms with Crippen molar-refractivity contribution in [3.8, 4) is 0 Å². The van der Waals surface area contributed by atoms with Crippen molar-refractivity contribution in [3.63, 3.8) is 0 Å². The maximum absolute atomic E-state index is 12.4. The summed E-state index contributed by atoms with van der Waals surface area (Å²) in [5.74, 6) is 0.239. The largest absolute Gasteiger partial charge is 0.463 e. The first-order valence-corrected chi connectivity index (χ1v) is 9.08. The van der Waals surface area contributed by atoms with Crippen LogP contribution in [0.4, 0.5) is 0 Å². The summed E-state index contributed by atoms with van der Waals surface area (Å²) in [7, 11) is 0. The van der Waals surface area contributed by atoms with Gasteiger partial charge in [-0.3, -0.25) is 9.59 Å². The average molecular weight is 331 g/mol. The second-order valence-electron chi connectivity index (χ2n) is 6.98. The third-order valence-corrected chi connectivity index (χ3v) is 4.47. The Hall–Kier alpha value is -1.84. The van der Waals surface area contributed by atoms with Gasteiger partial charge in [0, 0.05) is 6.42 Å². The van der Waals surface area contributed by atoms with Crippen LogP contribution in [0.3, 0.4) is 0 Å². The van der Waals surface area contributed by atoms with Crippen molar-refractivity contribution in [2.75, 3.05) is 0 Å². The molecule has 0 bridgehead atoms. The molecule has 0 heterocycles. The Labute approximate surface area is 145 Å². The smallest absolute Gasteiger partial charge is 0.308 e. The molecule has 1 aromatic rings. The molecule has 1 aliphatic rings.